The number of rotatable bonds is 11. The molecule has 0 saturated carbocycles. The van der Waals surface area contributed by atoms with Gasteiger partial charge in [0.1, 0.15) is 23.4 Å². The van der Waals surface area contributed by atoms with Gasteiger partial charge in [-0.3, -0.25) is 24.1 Å². The third kappa shape index (κ3) is 7.25. The Hall–Kier alpha value is -3.31. The number of benzene rings is 1. The van der Waals surface area contributed by atoms with Crippen LogP contribution in [0.1, 0.15) is 55.6 Å². The molecule has 240 valence electrons. The summed E-state index contributed by atoms with van der Waals surface area (Å²) in [6.07, 6.45) is 1.25. The molecule has 2 unspecified atom stereocenters. The predicted molar refractivity (Wildman–Crippen MR) is 166 cm³/mol. The number of carbonyl (C=O) groups excluding carboxylic acids is 5. The normalized spacial score (nSPS) is 21.9. The Labute approximate surface area is 272 Å². The Balaban J connectivity index is 1.29. The lowest BCUT2D eigenvalue weighted by Gasteiger charge is -2.49. The number of thioether (sulfide) groups is 2. The van der Waals surface area contributed by atoms with Crippen LogP contribution in [0, 0.1) is 5.41 Å². The molecule has 0 spiro atoms. The summed E-state index contributed by atoms with van der Waals surface area (Å²) in [7, 11) is 0. The molecule has 2 aromatic rings. The molecule has 4 heterocycles. The van der Waals surface area contributed by atoms with E-state index < -0.39 is 53.5 Å². The van der Waals surface area contributed by atoms with Gasteiger partial charge in [-0.1, -0.05) is 36.0 Å². The van der Waals surface area contributed by atoms with Crippen LogP contribution >= 0.6 is 35.1 Å². The first-order valence-corrected chi connectivity index (χ1v) is 17.0. The Morgan fingerprint density at radius 2 is 2.00 bits per heavy atom. The molecular weight excluding hydrogens is 643 g/mol. The van der Waals surface area contributed by atoms with E-state index in [0.29, 0.717) is 27.8 Å². The number of nitrogens with zero attached hydrogens (tertiary/aromatic N) is 3. The van der Waals surface area contributed by atoms with Crippen molar-refractivity contribution in [2.75, 3.05) is 24.8 Å². The molecule has 13 nitrogen and oxygen atoms in total. The summed E-state index contributed by atoms with van der Waals surface area (Å²) in [5, 5.41) is 16.1. The average Bonchev–Trinajstić information content (AvgIpc) is 3.76. The Morgan fingerprint density at radius 3 is 2.69 bits per heavy atom. The highest BCUT2D eigenvalue weighted by atomic mass is 32.2. The maximum Gasteiger partial charge on any atom is 0.357 e. The van der Waals surface area contributed by atoms with E-state index in [1.54, 1.807) is 39.0 Å². The van der Waals surface area contributed by atoms with Crippen molar-refractivity contribution >= 4 is 64.6 Å². The number of carbonyl (C=O) groups is 5. The van der Waals surface area contributed by atoms with Gasteiger partial charge in [-0.05, 0) is 57.3 Å². The fourth-order valence-corrected chi connectivity index (χ4v) is 7.94. The number of esters is 2. The Morgan fingerprint density at radius 1 is 1.22 bits per heavy atom. The molecule has 2 amide bonds. The van der Waals surface area contributed by atoms with E-state index in [-0.39, 0.29) is 28.6 Å². The molecule has 3 aliphatic heterocycles. The van der Waals surface area contributed by atoms with Gasteiger partial charge in [-0.15, -0.1) is 11.8 Å². The number of ether oxygens (including phenoxy) is 2. The smallest absolute Gasteiger partial charge is 0.357 e. The number of Topliss-reactive ketones (excluding diaryl/α,β-unsaturated/α-hetero) is 1. The predicted octanol–water partition coefficient (Wildman–Crippen LogP) is 2.04. The average molecular weight is 676 g/mol. The number of aliphatic hydroxyl groups is 1. The van der Waals surface area contributed by atoms with Gasteiger partial charge in [-0.2, -0.15) is 4.37 Å². The maximum absolute atomic E-state index is 13.4. The summed E-state index contributed by atoms with van der Waals surface area (Å²) in [6.45, 7) is 5.09. The van der Waals surface area contributed by atoms with Crippen molar-refractivity contribution in [2.45, 2.75) is 61.5 Å². The summed E-state index contributed by atoms with van der Waals surface area (Å²) in [5.74, 6) is -2.35. The molecule has 2 fully saturated rings. The lowest BCUT2D eigenvalue weighted by Crippen LogP contribution is -2.71. The van der Waals surface area contributed by atoms with Gasteiger partial charge < -0.3 is 25.2 Å². The molecule has 1 aromatic carbocycles. The van der Waals surface area contributed by atoms with Gasteiger partial charge in [0, 0.05) is 22.6 Å². The third-order valence-corrected chi connectivity index (χ3v) is 10.6. The van der Waals surface area contributed by atoms with Crippen LogP contribution in [0.3, 0.4) is 0 Å². The molecule has 0 bridgehead atoms. The number of aromatic nitrogens is 2. The second kappa shape index (κ2) is 14.0. The van der Waals surface area contributed by atoms with Crippen molar-refractivity contribution in [1.29, 1.82) is 0 Å². The molecule has 3 N–H and O–H groups in total. The minimum absolute atomic E-state index is 0.0126. The summed E-state index contributed by atoms with van der Waals surface area (Å²) in [6, 6.07) is 4.96. The van der Waals surface area contributed by atoms with Gasteiger partial charge in [0.2, 0.25) is 6.79 Å². The van der Waals surface area contributed by atoms with Crippen LogP contribution in [0.25, 0.3) is 0 Å². The van der Waals surface area contributed by atoms with Crippen LogP contribution < -0.4 is 10.6 Å². The standard InChI is InChI=1S/C29H33N5O8S3/c1-29(2,3)27(40)42-14-41-26(39)20-15(12-44-28-31-13-32-45-28)11-43-25-19(24(38)34(20)25)33-23(37)22(36)17-8-5-4-7-16(17)21(35)18-9-6-10-30-18/h4-5,7-8,13,18-19,22,25,30,36H,6,9-12,14H2,1-3H3,(H,33,37)/t18-,19?,22?,25-/m0/s1. The Bertz CT molecular complexity index is 1500. The van der Waals surface area contributed by atoms with Crippen molar-refractivity contribution in [2.24, 2.45) is 5.41 Å². The first kappa shape index (κ1) is 33.1. The highest BCUT2D eigenvalue weighted by Crippen LogP contribution is 2.42. The number of hydrogen-bond acceptors (Lipinski definition) is 14. The zero-order valence-corrected chi connectivity index (χ0v) is 27.3. The van der Waals surface area contributed by atoms with Crippen LogP contribution in [-0.2, 0) is 28.7 Å². The molecule has 0 aliphatic carbocycles. The van der Waals surface area contributed by atoms with Gasteiger partial charge in [0.05, 0.1) is 11.5 Å². The molecular formula is C29H33N5O8S3. The van der Waals surface area contributed by atoms with Crippen LogP contribution in [0.2, 0.25) is 0 Å². The van der Waals surface area contributed by atoms with Crippen molar-refractivity contribution < 1.29 is 38.6 Å². The fourth-order valence-electron chi connectivity index (χ4n) is 5.01. The minimum atomic E-state index is -1.70. The molecule has 16 heteroatoms. The highest BCUT2D eigenvalue weighted by Gasteiger charge is 2.55. The monoisotopic (exact) mass is 675 g/mol. The molecule has 1 aromatic heterocycles. The number of amides is 2. The van der Waals surface area contributed by atoms with E-state index in [4.69, 9.17) is 9.47 Å². The summed E-state index contributed by atoms with van der Waals surface area (Å²) in [5.41, 5.74) is 0.213. The van der Waals surface area contributed by atoms with Crippen molar-refractivity contribution in [3.8, 4) is 0 Å². The van der Waals surface area contributed by atoms with Gasteiger partial charge in [-0.25, -0.2) is 9.78 Å². The number of nitrogens with one attached hydrogen (secondary N) is 2. The summed E-state index contributed by atoms with van der Waals surface area (Å²) < 4.78 is 15.0. The SMILES string of the molecule is CC(C)(C)C(=O)OCOC(=O)C1=C(CSc2ncns2)CS[C@H]2C(NC(=O)C(O)c3ccccc3C(=O)[C@@H]3CCCN3)C(=O)N12. The van der Waals surface area contributed by atoms with E-state index in [1.165, 1.54) is 52.3 Å². The molecule has 0 radical (unpaired) electrons. The number of aliphatic hydroxyl groups excluding tert-OH is 1. The number of fused-ring (bicyclic) bond motifs is 1. The second-order valence-electron chi connectivity index (χ2n) is 11.6. The quantitative estimate of drug-likeness (QED) is 0.104. The lowest BCUT2D eigenvalue weighted by molar-refractivity contribution is -0.173. The van der Waals surface area contributed by atoms with E-state index in [2.05, 4.69) is 20.0 Å². The summed E-state index contributed by atoms with van der Waals surface area (Å²) in [4.78, 5) is 70.6. The van der Waals surface area contributed by atoms with Crippen LogP contribution in [0.4, 0.5) is 0 Å². The first-order chi connectivity index (χ1) is 21.5. The van der Waals surface area contributed by atoms with Gasteiger partial charge >= 0.3 is 11.9 Å². The molecule has 5 rings (SSSR count). The third-order valence-electron chi connectivity index (χ3n) is 7.39. The van der Waals surface area contributed by atoms with Crippen LogP contribution in [0.5, 0.6) is 0 Å². The fraction of sp³-hybridized carbons (Fsp3) is 0.483. The highest BCUT2D eigenvalue weighted by molar-refractivity contribution is 8.01. The number of β-lactam (4-membered cyclic amide) rings is 1. The molecule has 2 saturated heterocycles. The van der Waals surface area contributed by atoms with E-state index in [9.17, 15) is 29.1 Å². The van der Waals surface area contributed by atoms with Crippen molar-refractivity contribution in [3.05, 3.63) is 53.0 Å². The lowest BCUT2D eigenvalue weighted by atomic mass is 9.94. The summed E-state index contributed by atoms with van der Waals surface area (Å²) >= 11 is 3.89. The van der Waals surface area contributed by atoms with E-state index in [0.717, 1.165) is 13.0 Å². The maximum atomic E-state index is 13.4. The molecule has 45 heavy (non-hydrogen) atoms. The van der Waals surface area contributed by atoms with Crippen molar-refractivity contribution in [3.63, 3.8) is 0 Å². The van der Waals surface area contributed by atoms with Crippen LogP contribution in [-0.4, -0.2) is 91.2 Å². The number of hydrogen-bond donors (Lipinski definition) is 3. The zero-order valence-electron chi connectivity index (χ0n) is 24.8. The number of ketones is 1. The zero-order chi connectivity index (χ0) is 32.3. The first-order valence-electron chi connectivity index (χ1n) is 14.2. The van der Waals surface area contributed by atoms with E-state index in [1.807, 2.05) is 0 Å². The Kier molecular flexibility index (Phi) is 10.3. The molecule has 3 aliphatic rings. The van der Waals surface area contributed by atoms with Crippen molar-refractivity contribution in [1.82, 2.24) is 24.9 Å². The second-order valence-corrected chi connectivity index (χ2v) is 14.7. The van der Waals surface area contributed by atoms with Gasteiger partial charge in [0.15, 0.2) is 16.2 Å². The molecule has 4 atom stereocenters. The minimum Gasteiger partial charge on any atom is -0.427 e. The van der Waals surface area contributed by atoms with Gasteiger partial charge in [0.25, 0.3) is 11.8 Å². The topological polar surface area (TPSA) is 177 Å². The van der Waals surface area contributed by atoms with Crippen LogP contribution in [0.15, 0.2) is 46.2 Å². The largest absolute Gasteiger partial charge is 0.427 e. The van der Waals surface area contributed by atoms with E-state index >= 15 is 0 Å².